The van der Waals surface area contributed by atoms with Gasteiger partial charge in [0.1, 0.15) is 5.75 Å². The van der Waals surface area contributed by atoms with Crippen molar-refractivity contribution >= 4 is 5.91 Å². The molecule has 1 amide bonds. The minimum atomic E-state index is -0.0426. The molecule has 1 aromatic rings. The first kappa shape index (κ1) is 13.4. The summed E-state index contributed by atoms with van der Waals surface area (Å²) in [5, 5.41) is 13.0. The molecular weight excluding hydrogens is 254 g/mol. The molecule has 1 spiro atoms. The molecule has 2 aliphatic rings. The Bertz CT molecular complexity index is 489. The molecule has 0 bridgehead atoms. The summed E-state index contributed by atoms with van der Waals surface area (Å²) in [6.45, 7) is 2.44. The molecule has 0 atom stereocenters. The molecule has 20 heavy (non-hydrogen) atoms. The standard InChI is InChI=1S/C15H21N3O2/c19-13-8-12(9-17-10-13)14(20)18-7-6-16-11-15(18)4-2-1-3-5-15/h8-10,16,19H,1-7,11H2. The molecule has 1 aliphatic heterocycles. The lowest BCUT2D eigenvalue weighted by Crippen LogP contribution is -2.63. The number of rotatable bonds is 1. The quantitative estimate of drug-likeness (QED) is 0.816. The van der Waals surface area contributed by atoms with E-state index in [-0.39, 0.29) is 17.2 Å². The van der Waals surface area contributed by atoms with Crippen LogP contribution in [0.5, 0.6) is 5.75 Å². The lowest BCUT2D eigenvalue weighted by atomic mass is 9.78. The van der Waals surface area contributed by atoms with Crippen molar-refractivity contribution in [3.05, 3.63) is 24.0 Å². The molecule has 2 heterocycles. The first-order chi connectivity index (χ1) is 9.71. The van der Waals surface area contributed by atoms with Crippen LogP contribution in [0.25, 0.3) is 0 Å². The third-order valence-electron chi connectivity index (χ3n) is 4.54. The van der Waals surface area contributed by atoms with Gasteiger partial charge in [0.15, 0.2) is 0 Å². The Hall–Kier alpha value is -1.62. The molecule has 2 N–H and O–H groups in total. The van der Waals surface area contributed by atoms with Gasteiger partial charge in [-0.2, -0.15) is 0 Å². The van der Waals surface area contributed by atoms with E-state index in [0.717, 1.165) is 32.5 Å². The van der Waals surface area contributed by atoms with Crippen LogP contribution in [0.1, 0.15) is 42.5 Å². The molecule has 1 aliphatic carbocycles. The van der Waals surface area contributed by atoms with Crippen LogP contribution in [-0.4, -0.2) is 46.1 Å². The van der Waals surface area contributed by atoms with E-state index in [2.05, 4.69) is 10.3 Å². The van der Waals surface area contributed by atoms with Gasteiger partial charge in [0.25, 0.3) is 5.91 Å². The molecule has 1 saturated carbocycles. The van der Waals surface area contributed by atoms with E-state index in [1.165, 1.54) is 31.5 Å². The summed E-state index contributed by atoms with van der Waals surface area (Å²) in [7, 11) is 0. The van der Waals surface area contributed by atoms with Crippen molar-refractivity contribution in [1.29, 1.82) is 0 Å². The number of amides is 1. The highest BCUT2D eigenvalue weighted by Crippen LogP contribution is 2.35. The van der Waals surface area contributed by atoms with Gasteiger partial charge in [0.05, 0.1) is 17.3 Å². The second-order valence-electron chi connectivity index (χ2n) is 5.85. The molecule has 2 fully saturated rings. The van der Waals surface area contributed by atoms with Crippen molar-refractivity contribution in [3.8, 4) is 5.75 Å². The van der Waals surface area contributed by atoms with E-state index < -0.39 is 0 Å². The van der Waals surface area contributed by atoms with Crippen molar-refractivity contribution < 1.29 is 9.90 Å². The fourth-order valence-electron chi connectivity index (χ4n) is 3.52. The van der Waals surface area contributed by atoms with Gasteiger partial charge in [-0.3, -0.25) is 9.78 Å². The zero-order valence-corrected chi connectivity index (χ0v) is 11.6. The number of pyridine rings is 1. The van der Waals surface area contributed by atoms with Gasteiger partial charge in [-0.1, -0.05) is 19.3 Å². The highest BCUT2D eigenvalue weighted by atomic mass is 16.3. The predicted molar refractivity (Wildman–Crippen MR) is 75.6 cm³/mol. The molecule has 1 aromatic heterocycles. The van der Waals surface area contributed by atoms with E-state index in [1.807, 2.05) is 4.90 Å². The van der Waals surface area contributed by atoms with E-state index in [9.17, 15) is 9.90 Å². The van der Waals surface area contributed by atoms with Gasteiger partial charge in [0, 0.05) is 25.8 Å². The number of aromatic nitrogens is 1. The van der Waals surface area contributed by atoms with E-state index in [1.54, 1.807) is 6.20 Å². The minimum Gasteiger partial charge on any atom is -0.506 e. The maximum absolute atomic E-state index is 12.8. The second-order valence-corrected chi connectivity index (χ2v) is 5.85. The normalized spacial score (nSPS) is 21.9. The first-order valence-electron chi connectivity index (χ1n) is 7.38. The third-order valence-corrected chi connectivity index (χ3v) is 4.54. The van der Waals surface area contributed by atoms with Crippen LogP contribution in [0.2, 0.25) is 0 Å². The number of nitrogens with one attached hydrogen (secondary N) is 1. The van der Waals surface area contributed by atoms with E-state index >= 15 is 0 Å². The van der Waals surface area contributed by atoms with Crippen LogP contribution in [0, 0.1) is 0 Å². The van der Waals surface area contributed by atoms with Crippen LogP contribution in [-0.2, 0) is 0 Å². The third kappa shape index (κ3) is 2.38. The Balaban J connectivity index is 1.87. The Labute approximate surface area is 119 Å². The molecule has 1 saturated heterocycles. The van der Waals surface area contributed by atoms with Crippen LogP contribution in [0.15, 0.2) is 18.5 Å². The second kappa shape index (κ2) is 5.40. The largest absolute Gasteiger partial charge is 0.506 e. The van der Waals surface area contributed by atoms with E-state index in [4.69, 9.17) is 0 Å². The summed E-state index contributed by atoms with van der Waals surface area (Å²) >= 11 is 0. The zero-order chi connectivity index (χ0) is 14.0. The lowest BCUT2D eigenvalue weighted by Gasteiger charge is -2.49. The van der Waals surface area contributed by atoms with Gasteiger partial charge in [-0.15, -0.1) is 0 Å². The Morgan fingerprint density at radius 1 is 1.30 bits per heavy atom. The summed E-state index contributed by atoms with van der Waals surface area (Å²) in [5.41, 5.74) is 0.441. The van der Waals surface area contributed by atoms with Crippen molar-refractivity contribution in [2.45, 2.75) is 37.6 Å². The summed E-state index contributed by atoms with van der Waals surface area (Å²) in [4.78, 5) is 18.7. The summed E-state index contributed by atoms with van der Waals surface area (Å²) in [6, 6.07) is 1.51. The topological polar surface area (TPSA) is 65.5 Å². The Morgan fingerprint density at radius 2 is 2.10 bits per heavy atom. The number of hydrogen-bond acceptors (Lipinski definition) is 4. The van der Waals surface area contributed by atoms with Crippen molar-refractivity contribution in [2.75, 3.05) is 19.6 Å². The fraction of sp³-hybridized carbons (Fsp3) is 0.600. The number of carbonyl (C=O) groups is 1. The van der Waals surface area contributed by atoms with Crippen LogP contribution >= 0.6 is 0 Å². The molecule has 108 valence electrons. The van der Waals surface area contributed by atoms with E-state index in [0.29, 0.717) is 5.56 Å². The maximum atomic E-state index is 12.8. The molecular formula is C15H21N3O2. The zero-order valence-electron chi connectivity index (χ0n) is 11.6. The average molecular weight is 275 g/mol. The predicted octanol–water partition coefficient (Wildman–Crippen LogP) is 1.54. The lowest BCUT2D eigenvalue weighted by molar-refractivity contribution is 0.0222. The molecule has 0 aromatic carbocycles. The van der Waals surface area contributed by atoms with Crippen molar-refractivity contribution in [1.82, 2.24) is 15.2 Å². The van der Waals surface area contributed by atoms with Gasteiger partial charge >= 0.3 is 0 Å². The number of hydrogen-bond donors (Lipinski definition) is 2. The van der Waals surface area contributed by atoms with Crippen LogP contribution in [0.4, 0.5) is 0 Å². The Kier molecular flexibility index (Phi) is 3.61. The molecule has 5 heteroatoms. The maximum Gasteiger partial charge on any atom is 0.256 e. The summed E-state index contributed by atoms with van der Waals surface area (Å²) in [5.74, 6) is 0.0421. The molecule has 3 rings (SSSR count). The summed E-state index contributed by atoms with van der Waals surface area (Å²) < 4.78 is 0. The van der Waals surface area contributed by atoms with Gasteiger partial charge in [-0.25, -0.2) is 0 Å². The Morgan fingerprint density at radius 3 is 2.85 bits per heavy atom. The van der Waals surface area contributed by atoms with Crippen LogP contribution < -0.4 is 5.32 Å². The van der Waals surface area contributed by atoms with Gasteiger partial charge in [-0.05, 0) is 18.9 Å². The molecule has 0 radical (unpaired) electrons. The molecule has 5 nitrogen and oxygen atoms in total. The first-order valence-corrected chi connectivity index (χ1v) is 7.38. The molecule has 0 unspecified atom stereocenters. The number of piperazine rings is 1. The number of aromatic hydroxyl groups is 1. The number of carbonyl (C=O) groups excluding carboxylic acids is 1. The average Bonchev–Trinajstić information content (AvgIpc) is 2.48. The van der Waals surface area contributed by atoms with Crippen molar-refractivity contribution in [2.24, 2.45) is 0 Å². The fourth-order valence-corrected chi connectivity index (χ4v) is 3.52. The highest BCUT2D eigenvalue weighted by Gasteiger charge is 2.42. The SMILES string of the molecule is O=C(c1cncc(O)c1)N1CCNCC12CCCCC2. The number of nitrogens with zero attached hydrogens (tertiary/aromatic N) is 2. The monoisotopic (exact) mass is 275 g/mol. The highest BCUT2D eigenvalue weighted by molar-refractivity contribution is 5.95. The van der Waals surface area contributed by atoms with Crippen LogP contribution in [0.3, 0.4) is 0 Å². The van der Waals surface area contributed by atoms with Gasteiger partial charge in [0.2, 0.25) is 0 Å². The van der Waals surface area contributed by atoms with Gasteiger partial charge < -0.3 is 15.3 Å². The smallest absolute Gasteiger partial charge is 0.256 e. The minimum absolute atomic E-state index is 0.00296. The summed E-state index contributed by atoms with van der Waals surface area (Å²) in [6.07, 6.45) is 8.66. The van der Waals surface area contributed by atoms with Crippen molar-refractivity contribution in [3.63, 3.8) is 0 Å².